The number of amides is 2. The molecule has 2 amide bonds. The lowest BCUT2D eigenvalue weighted by Gasteiger charge is -2.21. The van der Waals surface area contributed by atoms with Crippen LogP contribution in [-0.2, 0) is 16.1 Å². The molecular weight excluding hydrogens is 492 g/mol. The van der Waals surface area contributed by atoms with Crippen LogP contribution in [0.5, 0.6) is 5.75 Å². The van der Waals surface area contributed by atoms with Gasteiger partial charge in [-0.15, -0.1) is 11.8 Å². The molecule has 1 N–H and O–H groups in total. The second-order valence-electron chi connectivity index (χ2n) is 9.75. The second kappa shape index (κ2) is 9.75. The fraction of sp³-hybridized carbons (Fsp3) is 0.370. The van der Waals surface area contributed by atoms with Crippen molar-refractivity contribution in [3.05, 3.63) is 58.9 Å². The molecule has 0 radical (unpaired) electrons. The summed E-state index contributed by atoms with van der Waals surface area (Å²) in [4.78, 5) is 42.1. The van der Waals surface area contributed by atoms with E-state index >= 15 is 0 Å². The average Bonchev–Trinajstić information content (AvgIpc) is 3.50. The average molecular weight is 521 g/mol. The number of carbonyl (C=O) groups is 2. The Bertz CT molecular complexity index is 1440. The van der Waals surface area contributed by atoms with Gasteiger partial charge in [0.1, 0.15) is 11.9 Å². The molecule has 3 aliphatic heterocycles. The van der Waals surface area contributed by atoms with Crippen LogP contribution in [0.3, 0.4) is 0 Å². The molecule has 0 spiro atoms. The summed E-state index contributed by atoms with van der Waals surface area (Å²) in [6, 6.07) is 14.9. The molecule has 0 aliphatic carbocycles. The normalized spacial score (nSPS) is 21.7. The molecule has 0 unspecified atom stereocenters. The lowest BCUT2D eigenvalue weighted by atomic mass is 10.1. The van der Waals surface area contributed by atoms with Crippen LogP contribution >= 0.6 is 11.8 Å². The quantitative estimate of drug-likeness (QED) is 0.533. The lowest BCUT2D eigenvalue weighted by molar-refractivity contribution is -0.113. The summed E-state index contributed by atoms with van der Waals surface area (Å²) >= 11 is 1.49. The predicted octanol–water partition coefficient (Wildman–Crippen LogP) is 3.40. The van der Waals surface area contributed by atoms with Crippen LogP contribution in [0.1, 0.15) is 6.42 Å². The van der Waals surface area contributed by atoms with E-state index in [1.54, 1.807) is 18.1 Å². The van der Waals surface area contributed by atoms with E-state index in [4.69, 9.17) is 9.47 Å². The Morgan fingerprint density at radius 2 is 1.92 bits per heavy atom. The number of aromatic nitrogens is 1. The smallest absolute Gasteiger partial charge is 0.414 e. The number of anilines is 2. The predicted molar refractivity (Wildman–Crippen MR) is 143 cm³/mol. The number of likely N-dealkylation sites (tertiary alicyclic amines) is 1. The summed E-state index contributed by atoms with van der Waals surface area (Å²) in [6.07, 6.45) is 0.363. The zero-order valence-electron chi connectivity index (χ0n) is 20.5. The summed E-state index contributed by atoms with van der Waals surface area (Å²) < 4.78 is 12.9. The van der Waals surface area contributed by atoms with Crippen molar-refractivity contribution < 1.29 is 19.1 Å². The fourth-order valence-electron chi connectivity index (χ4n) is 5.42. The highest BCUT2D eigenvalue weighted by atomic mass is 32.2. The van der Waals surface area contributed by atoms with Gasteiger partial charge in [-0.3, -0.25) is 19.4 Å². The summed E-state index contributed by atoms with van der Waals surface area (Å²) in [7, 11) is 1.63. The highest BCUT2D eigenvalue weighted by molar-refractivity contribution is 8.00. The summed E-state index contributed by atoms with van der Waals surface area (Å²) in [5, 5.41) is 3.88. The van der Waals surface area contributed by atoms with Crippen LogP contribution in [0.2, 0.25) is 0 Å². The highest BCUT2D eigenvalue weighted by Gasteiger charge is 2.35. The number of fused-ring (bicyclic) bond motifs is 2. The van der Waals surface area contributed by atoms with Gasteiger partial charge in [0.2, 0.25) is 5.91 Å². The van der Waals surface area contributed by atoms with Crippen LogP contribution in [0.25, 0.3) is 10.9 Å². The van der Waals surface area contributed by atoms with E-state index in [0.717, 1.165) is 52.4 Å². The van der Waals surface area contributed by atoms with E-state index in [0.29, 0.717) is 31.3 Å². The Hall–Kier alpha value is -3.50. The fourth-order valence-corrected chi connectivity index (χ4v) is 6.21. The second-order valence-corrected chi connectivity index (χ2v) is 10.8. The minimum absolute atomic E-state index is 0.0146. The molecular formula is C27H28N4O5S. The van der Waals surface area contributed by atoms with E-state index in [2.05, 4.69) is 10.2 Å². The summed E-state index contributed by atoms with van der Waals surface area (Å²) in [6.45, 7) is 3.47. The zero-order valence-corrected chi connectivity index (χ0v) is 21.3. The Labute approximate surface area is 218 Å². The number of pyridine rings is 1. The molecule has 2 atom stereocenters. The molecule has 37 heavy (non-hydrogen) atoms. The monoisotopic (exact) mass is 520 g/mol. The van der Waals surface area contributed by atoms with Gasteiger partial charge in [0, 0.05) is 42.3 Å². The molecule has 0 bridgehead atoms. The number of cyclic esters (lactones) is 1. The van der Waals surface area contributed by atoms with Crippen molar-refractivity contribution in [2.24, 2.45) is 5.92 Å². The molecule has 2 saturated heterocycles. The third-order valence-corrected chi connectivity index (χ3v) is 8.33. The van der Waals surface area contributed by atoms with Gasteiger partial charge in [0.25, 0.3) is 5.56 Å². The Morgan fingerprint density at radius 3 is 2.78 bits per heavy atom. The molecule has 2 aromatic carbocycles. The molecule has 3 aliphatic rings. The standard InChI is InChI=1S/C27H28N4O5S/c1-35-20-5-2-18-3-7-26(33)31(23(18)11-20)13-17-8-9-29(12-17)14-21-15-30(27(34)36-21)19-4-6-24-22(10-19)28-25(32)16-37-24/h2-7,10-11,17,21H,8-9,12-16H2,1H3,(H,28,32)/t17-,21-/m1/s1. The first-order valence-corrected chi connectivity index (χ1v) is 13.4. The number of nitrogens with zero attached hydrogens (tertiary/aromatic N) is 3. The number of rotatable bonds is 6. The lowest BCUT2D eigenvalue weighted by Crippen LogP contribution is -2.34. The molecule has 3 aromatic rings. The van der Waals surface area contributed by atoms with Crippen molar-refractivity contribution in [1.29, 1.82) is 0 Å². The molecule has 1 aromatic heterocycles. The Balaban J connectivity index is 1.10. The minimum Gasteiger partial charge on any atom is -0.497 e. The highest BCUT2D eigenvalue weighted by Crippen LogP contribution is 2.35. The van der Waals surface area contributed by atoms with Gasteiger partial charge in [-0.2, -0.15) is 0 Å². The van der Waals surface area contributed by atoms with Gasteiger partial charge in [-0.1, -0.05) is 0 Å². The third-order valence-electron chi connectivity index (χ3n) is 7.25. The van der Waals surface area contributed by atoms with E-state index in [-0.39, 0.29) is 23.7 Å². The van der Waals surface area contributed by atoms with Crippen LogP contribution < -0.4 is 20.5 Å². The van der Waals surface area contributed by atoms with Crippen molar-refractivity contribution >= 4 is 46.0 Å². The number of hydrogen-bond acceptors (Lipinski definition) is 7. The van der Waals surface area contributed by atoms with Crippen LogP contribution in [0.15, 0.2) is 58.2 Å². The maximum atomic E-state index is 12.7. The third kappa shape index (κ3) is 4.78. The van der Waals surface area contributed by atoms with Crippen LogP contribution in [-0.4, -0.2) is 66.6 Å². The van der Waals surface area contributed by atoms with Crippen LogP contribution in [0.4, 0.5) is 16.2 Å². The first-order chi connectivity index (χ1) is 18.0. The van der Waals surface area contributed by atoms with Gasteiger partial charge < -0.3 is 19.4 Å². The van der Waals surface area contributed by atoms with Gasteiger partial charge in [-0.25, -0.2) is 4.79 Å². The van der Waals surface area contributed by atoms with Crippen LogP contribution in [0, 0.1) is 5.92 Å². The molecule has 2 fully saturated rings. The molecule has 0 saturated carbocycles. The molecule has 192 valence electrons. The van der Waals surface area contributed by atoms with E-state index < -0.39 is 0 Å². The SMILES string of the molecule is COc1ccc2ccc(=O)n(C[C@@H]3CCN(C[C@@H]4CN(c5ccc6c(c5)NC(=O)CS6)C(=O)O4)C3)c2c1. The Kier molecular flexibility index (Phi) is 6.29. The Morgan fingerprint density at radius 1 is 1.05 bits per heavy atom. The number of nitrogens with one attached hydrogen (secondary N) is 1. The largest absolute Gasteiger partial charge is 0.497 e. The number of thioether (sulfide) groups is 1. The van der Waals surface area contributed by atoms with Crippen molar-refractivity contribution in [1.82, 2.24) is 9.47 Å². The number of carbonyl (C=O) groups excluding carboxylic acids is 2. The van der Waals surface area contributed by atoms with E-state index in [1.807, 2.05) is 47.0 Å². The zero-order chi connectivity index (χ0) is 25.5. The van der Waals surface area contributed by atoms with Gasteiger partial charge >= 0.3 is 6.09 Å². The van der Waals surface area contributed by atoms with E-state index in [9.17, 15) is 14.4 Å². The van der Waals surface area contributed by atoms with Crippen molar-refractivity contribution in [3.63, 3.8) is 0 Å². The molecule has 10 heteroatoms. The number of ether oxygens (including phenoxy) is 2. The summed E-state index contributed by atoms with van der Waals surface area (Å²) in [5.74, 6) is 1.42. The summed E-state index contributed by atoms with van der Waals surface area (Å²) in [5.41, 5.74) is 2.32. The van der Waals surface area contributed by atoms with Crippen molar-refractivity contribution in [2.75, 3.05) is 49.3 Å². The van der Waals surface area contributed by atoms with Crippen molar-refractivity contribution in [3.8, 4) is 5.75 Å². The van der Waals surface area contributed by atoms with Gasteiger partial charge in [-0.05, 0) is 60.7 Å². The van der Waals surface area contributed by atoms with Gasteiger partial charge in [0.05, 0.1) is 30.6 Å². The number of methoxy groups -OCH3 is 1. The number of benzene rings is 2. The number of hydrogen-bond donors (Lipinski definition) is 1. The maximum absolute atomic E-state index is 12.7. The van der Waals surface area contributed by atoms with Crippen molar-refractivity contribution in [2.45, 2.75) is 24.0 Å². The molecule has 4 heterocycles. The first kappa shape index (κ1) is 23.9. The molecule has 6 rings (SSSR count). The van der Waals surface area contributed by atoms with E-state index in [1.165, 1.54) is 11.8 Å². The first-order valence-electron chi connectivity index (χ1n) is 12.4. The molecule has 9 nitrogen and oxygen atoms in total. The minimum atomic E-state index is -0.369. The topological polar surface area (TPSA) is 93.1 Å². The van der Waals surface area contributed by atoms with Gasteiger partial charge in [0.15, 0.2) is 0 Å². The maximum Gasteiger partial charge on any atom is 0.414 e.